The zero-order chi connectivity index (χ0) is 21.5. The van der Waals surface area contributed by atoms with Crippen molar-refractivity contribution in [3.63, 3.8) is 0 Å². The normalized spacial score (nSPS) is 19.3. The molecule has 1 aliphatic heterocycles. The number of imidazole rings is 2. The molecule has 0 unspecified atom stereocenters. The standard InChI is InChI=1S/C22H29N7O2/c1-28-8-7-25-21(28)14-29-12-17(15-31-20-3-2-5-23-11-20)9-18(13-29)22(30)26-6-4-19-10-24-16-27-19/h2-3,5,7-8,10-11,16-18H,4,6,9,12-15H2,1H3,(H,24,27)(H,26,30)/t17-,18+/m0/s1. The minimum absolute atomic E-state index is 0.0849. The number of likely N-dealkylation sites (tertiary alicyclic amines) is 1. The fourth-order valence-electron chi connectivity index (χ4n) is 4.02. The lowest BCUT2D eigenvalue weighted by molar-refractivity contribution is -0.127. The Hall–Kier alpha value is -3.20. The predicted octanol–water partition coefficient (Wildman–Crippen LogP) is 1.41. The van der Waals surface area contributed by atoms with Crippen molar-refractivity contribution in [3.8, 4) is 5.75 Å². The minimum atomic E-state index is -0.0849. The van der Waals surface area contributed by atoms with Gasteiger partial charge < -0.3 is 19.6 Å². The Balaban J connectivity index is 1.36. The van der Waals surface area contributed by atoms with Crippen molar-refractivity contribution in [2.75, 3.05) is 26.2 Å². The number of nitrogens with zero attached hydrogens (tertiary/aromatic N) is 5. The molecule has 9 heteroatoms. The summed E-state index contributed by atoms with van der Waals surface area (Å²) in [4.78, 5) is 30.9. The van der Waals surface area contributed by atoms with Crippen molar-refractivity contribution >= 4 is 5.91 Å². The van der Waals surface area contributed by atoms with Crippen molar-refractivity contribution in [2.24, 2.45) is 18.9 Å². The van der Waals surface area contributed by atoms with Gasteiger partial charge in [-0.1, -0.05) is 0 Å². The first kappa shape index (κ1) is 21.0. The van der Waals surface area contributed by atoms with Crippen molar-refractivity contribution in [1.29, 1.82) is 0 Å². The van der Waals surface area contributed by atoms with E-state index in [1.165, 1.54) is 0 Å². The van der Waals surface area contributed by atoms with Crippen LogP contribution >= 0.6 is 0 Å². The molecule has 2 N–H and O–H groups in total. The van der Waals surface area contributed by atoms with Gasteiger partial charge >= 0.3 is 0 Å². The molecule has 1 fully saturated rings. The summed E-state index contributed by atoms with van der Waals surface area (Å²) < 4.78 is 7.98. The molecule has 0 aliphatic carbocycles. The number of hydrogen-bond donors (Lipinski definition) is 2. The molecule has 0 bridgehead atoms. The molecule has 2 atom stereocenters. The fraction of sp³-hybridized carbons (Fsp3) is 0.455. The number of pyridine rings is 1. The number of rotatable bonds is 9. The number of H-pyrrole nitrogens is 1. The zero-order valence-electron chi connectivity index (χ0n) is 17.8. The third-order valence-corrected chi connectivity index (χ3v) is 5.64. The summed E-state index contributed by atoms with van der Waals surface area (Å²) in [5.41, 5.74) is 1.02. The molecule has 1 aliphatic rings. The van der Waals surface area contributed by atoms with E-state index in [2.05, 4.69) is 30.2 Å². The fourth-order valence-corrected chi connectivity index (χ4v) is 4.02. The van der Waals surface area contributed by atoms with Crippen LogP contribution in [0.25, 0.3) is 0 Å². The summed E-state index contributed by atoms with van der Waals surface area (Å²) in [6.07, 6.45) is 12.2. The van der Waals surface area contributed by atoms with Gasteiger partial charge in [0.15, 0.2) is 0 Å². The smallest absolute Gasteiger partial charge is 0.224 e. The van der Waals surface area contributed by atoms with E-state index in [0.29, 0.717) is 26.2 Å². The molecule has 4 rings (SSSR count). The van der Waals surface area contributed by atoms with Gasteiger partial charge in [0.25, 0.3) is 0 Å². The molecule has 9 nitrogen and oxygen atoms in total. The van der Waals surface area contributed by atoms with E-state index in [-0.39, 0.29) is 17.7 Å². The molecular weight excluding hydrogens is 394 g/mol. The molecular formula is C22H29N7O2. The van der Waals surface area contributed by atoms with Crippen LogP contribution in [0.2, 0.25) is 0 Å². The topological polar surface area (TPSA) is 101 Å². The average Bonchev–Trinajstić information content (AvgIpc) is 3.45. The first-order chi connectivity index (χ1) is 15.2. The second-order valence-electron chi connectivity index (χ2n) is 8.06. The van der Waals surface area contributed by atoms with Gasteiger partial charge in [0, 0.05) is 69.5 Å². The molecule has 164 valence electrons. The number of ether oxygens (including phenoxy) is 1. The van der Waals surface area contributed by atoms with Crippen LogP contribution in [0, 0.1) is 11.8 Å². The van der Waals surface area contributed by atoms with E-state index in [0.717, 1.165) is 36.7 Å². The third-order valence-electron chi connectivity index (χ3n) is 5.64. The maximum absolute atomic E-state index is 12.9. The highest BCUT2D eigenvalue weighted by molar-refractivity contribution is 5.79. The molecule has 0 aromatic carbocycles. The van der Waals surface area contributed by atoms with Crippen LogP contribution in [0.15, 0.2) is 49.4 Å². The van der Waals surface area contributed by atoms with Crippen LogP contribution < -0.4 is 10.1 Å². The van der Waals surface area contributed by atoms with E-state index in [9.17, 15) is 4.79 Å². The molecule has 3 aromatic rings. The van der Waals surface area contributed by atoms with Gasteiger partial charge in [-0.25, -0.2) is 9.97 Å². The predicted molar refractivity (Wildman–Crippen MR) is 115 cm³/mol. The van der Waals surface area contributed by atoms with E-state index in [1.807, 2.05) is 36.1 Å². The van der Waals surface area contributed by atoms with Crippen LogP contribution in [-0.4, -0.2) is 61.6 Å². The van der Waals surface area contributed by atoms with Gasteiger partial charge in [0.05, 0.1) is 31.6 Å². The highest BCUT2D eigenvalue weighted by Crippen LogP contribution is 2.24. The SMILES string of the molecule is Cn1ccnc1CN1C[C@@H](COc2cccnc2)C[C@@H](C(=O)NCCc2cnc[nH]2)C1. The summed E-state index contributed by atoms with van der Waals surface area (Å²) in [7, 11) is 1.99. The zero-order valence-corrected chi connectivity index (χ0v) is 17.8. The van der Waals surface area contributed by atoms with Crippen molar-refractivity contribution in [2.45, 2.75) is 19.4 Å². The Kier molecular flexibility index (Phi) is 6.93. The minimum Gasteiger partial charge on any atom is -0.492 e. The van der Waals surface area contributed by atoms with Crippen molar-refractivity contribution in [3.05, 3.63) is 61.0 Å². The number of aryl methyl sites for hydroxylation is 1. The van der Waals surface area contributed by atoms with Gasteiger partial charge in [-0.2, -0.15) is 0 Å². The summed E-state index contributed by atoms with van der Waals surface area (Å²) in [5.74, 6) is 2.00. The Bertz CT molecular complexity index is 942. The molecule has 0 saturated carbocycles. The first-order valence-electron chi connectivity index (χ1n) is 10.6. The number of piperidine rings is 1. The van der Waals surface area contributed by atoms with Gasteiger partial charge in [0.1, 0.15) is 11.6 Å². The number of carbonyl (C=O) groups is 1. The Morgan fingerprint density at radius 3 is 2.97 bits per heavy atom. The van der Waals surface area contributed by atoms with E-state index >= 15 is 0 Å². The number of aromatic nitrogens is 5. The molecule has 1 amide bonds. The number of hydrogen-bond acceptors (Lipinski definition) is 6. The number of carbonyl (C=O) groups excluding carboxylic acids is 1. The summed E-state index contributed by atoms with van der Waals surface area (Å²) >= 11 is 0. The highest BCUT2D eigenvalue weighted by atomic mass is 16.5. The van der Waals surface area contributed by atoms with Gasteiger partial charge in [0.2, 0.25) is 5.91 Å². The van der Waals surface area contributed by atoms with Gasteiger partial charge in [-0.05, 0) is 18.6 Å². The van der Waals surface area contributed by atoms with Gasteiger partial charge in [-0.3, -0.25) is 14.7 Å². The third kappa shape index (κ3) is 5.91. The second-order valence-corrected chi connectivity index (χ2v) is 8.06. The summed E-state index contributed by atoms with van der Waals surface area (Å²) in [6.45, 7) is 3.44. The van der Waals surface area contributed by atoms with Crippen LogP contribution in [-0.2, 0) is 24.8 Å². The molecule has 1 saturated heterocycles. The Labute approximate surface area is 181 Å². The average molecular weight is 424 g/mol. The van der Waals surface area contributed by atoms with E-state index < -0.39 is 0 Å². The monoisotopic (exact) mass is 423 g/mol. The number of nitrogens with one attached hydrogen (secondary N) is 2. The van der Waals surface area contributed by atoms with E-state index in [1.54, 1.807) is 24.9 Å². The number of amides is 1. The van der Waals surface area contributed by atoms with Crippen molar-refractivity contribution < 1.29 is 9.53 Å². The largest absolute Gasteiger partial charge is 0.492 e. The maximum atomic E-state index is 12.9. The molecule has 31 heavy (non-hydrogen) atoms. The van der Waals surface area contributed by atoms with Crippen LogP contribution in [0.1, 0.15) is 17.9 Å². The lowest BCUT2D eigenvalue weighted by Crippen LogP contribution is -2.47. The summed E-state index contributed by atoms with van der Waals surface area (Å²) in [5, 5.41) is 3.09. The van der Waals surface area contributed by atoms with E-state index in [4.69, 9.17) is 4.74 Å². The van der Waals surface area contributed by atoms with Crippen LogP contribution in [0.4, 0.5) is 0 Å². The van der Waals surface area contributed by atoms with Crippen LogP contribution in [0.5, 0.6) is 5.75 Å². The van der Waals surface area contributed by atoms with Crippen molar-refractivity contribution in [1.82, 2.24) is 34.7 Å². The lowest BCUT2D eigenvalue weighted by Gasteiger charge is -2.36. The molecule has 0 radical (unpaired) electrons. The van der Waals surface area contributed by atoms with Gasteiger partial charge in [-0.15, -0.1) is 0 Å². The first-order valence-corrected chi connectivity index (χ1v) is 10.6. The maximum Gasteiger partial charge on any atom is 0.224 e. The quantitative estimate of drug-likeness (QED) is 0.540. The number of aromatic amines is 1. The van der Waals surface area contributed by atoms with Crippen LogP contribution in [0.3, 0.4) is 0 Å². The summed E-state index contributed by atoms with van der Waals surface area (Å²) in [6, 6.07) is 3.76. The lowest BCUT2D eigenvalue weighted by atomic mass is 9.89. The highest BCUT2D eigenvalue weighted by Gasteiger charge is 2.32. The molecule has 4 heterocycles. The molecule has 3 aromatic heterocycles. The molecule has 0 spiro atoms. The Morgan fingerprint density at radius 2 is 2.23 bits per heavy atom. The second kappa shape index (κ2) is 10.2. The Morgan fingerprint density at radius 1 is 1.29 bits per heavy atom.